The molecule has 2 atom stereocenters. The second-order valence-electron chi connectivity index (χ2n) is 13.5. The Hall–Kier alpha value is -2.55. The molecular formula is C44H76NO8P. The van der Waals surface area contributed by atoms with Crippen LogP contribution in [0.1, 0.15) is 162 Å². The van der Waals surface area contributed by atoms with Gasteiger partial charge in [-0.1, -0.05) is 145 Å². The lowest BCUT2D eigenvalue weighted by Crippen LogP contribution is -2.29. The number of allylic oxidation sites excluding steroid dienone is 12. The van der Waals surface area contributed by atoms with E-state index in [1.165, 1.54) is 51.4 Å². The van der Waals surface area contributed by atoms with Crippen molar-refractivity contribution in [3.63, 3.8) is 0 Å². The monoisotopic (exact) mass is 778 g/mol. The summed E-state index contributed by atoms with van der Waals surface area (Å²) in [6, 6.07) is 0. The zero-order valence-corrected chi connectivity index (χ0v) is 34.8. The number of esters is 2. The summed E-state index contributed by atoms with van der Waals surface area (Å²) >= 11 is 0. The van der Waals surface area contributed by atoms with Crippen LogP contribution in [0.15, 0.2) is 72.9 Å². The summed E-state index contributed by atoms with van der Waals surface area (Å²) in [5.41, 5.74) is 5.34. The highest BCUT2D eigenvalue weighted by atomic mass is 31.2. The Bertz CT molecular complexity index is 1110. The van der Waals surface area contributed by atoms with E-state index in [0.717, 1.165) is 64.2 Å². The van der Waals surface area contributed by atoms with Crippen LogP contribution in [-0.4, -0.2) is 49.3 Å². The highest BCUT2D eigenvalue weighted by Gasteiger charge is 2.25. The molecule has 10 heteroatoms. The van der Waals surface area contributed by atoms with E-state index in [1.54, 1.807) is 0 Å². The van der Waals surface area contributed by atoms with Crippen molar-refractivity contribution in [1.29, 1.82) is 0 Å². The lowest BCUT2D eigenvalue weighted by atomic mass is 10.1. The molecule has 0 rings (SSSR count). The number of carbonyl (C=O) groups excluding carboxylic acids is 2. The van der Waals surface area contributed by atoms with Crippen molar-refractivity contribution in [2.75, 3.05) is 26.4 Å². The molecule has 0 saturated carbocycles. The van der Waals surface area contributed by atoms with Crippen LogP contribution in [0.4, 0.5) is 0 Å². The zero-order chi connectivity index (χ0) is 39.6. The maximum atomic E-state index is 12.5. The predicted molar refractivity (Wildman–Crippen MR) is 224 cm³/mol. The van der Waals surface area contributed by atoms with Crippen molar-refractivity contribution in [2.45, 2.75) is 168 Å². The van der Waals surface area contributed by atoms with Crippen LogP contribution in [0.25, 0.3) is 0 Å². The molecule has 54 heavy (non-hydrogen) atoms. The van der Waals surface area contributed by atoms with E-state index in [-0.39, 0.29) is 32.6 Å². The normalized spacial score (nSPS) is 14.1. The fourth-order valence-electron chi connectivity index (χ4n) is 5.25. The van der Waals surface area contributed by atoms with Gasteiger partial charge in [-0.15, -0.1) is 0 Å². The number of nitrogens with two attached hydrogens (primary N) is 1. The molecule has 0 aliphatic heterocycles. The Balaban J connectivity index is 4.30. The summed E-state index contributed by atoms with van der Waals surface area (Å²) in [7, 11) is -4.40. The van der Waals surface area contributed by atoms with E-state index in [4.69, 9.17) is 24.3 Å². The molecule has 0 aliphatic rings. The zero-order valence-electron chi connectivity index (χ0n) is 33.9. The second kappa shape index (κ2) is 40.1. The minimum atomic E-state index is -4.40. The minimum Gasteiger partial charge on any atom is -0.462 e. The average Bonchev–Trinajstić information content (AvgIpc) is 3.16. The molecule has 0 amide bonds. The maximum Gasteiger partial charge on any atom is 0.472 e. The number of unbranched alkanes of at least 4 members (excludes halogenated alkanes) is 13. The molecular weight excluding hydrogens is 701 g/mol. The first-order chi connectivity index (χ1) is 26.3. The summed E-state index contributed by atoms with van der Waals surface area (Å²) < 4.78 is 32.7. The maximum absolute atomic E-state index is 12.5. The lowest BCUT2D eigenvalue weighted by Gasteiger charge is -2.19. The Morgan fingerprint density at radius 1 is 0.574 bits per heavy atom. The Labute approximate surface area is 329 Å². The number of rotatable bonds is 38. The summed E-state index contributed by atoms with van der Waals surface area (Å²) in [6.45, 7) is 3.52. The molecule has 9 nitrogen and oxygen atoms in total. The van der Waals surface area contributed by atoms with Crippen molar-refractivity contribution in [3.05, 3.63) is 72.9 Å². The first-order valence-corrected chi connectivity index (χ1v) is 22.4. The molecule has 0 spiro atoms. The van der Waals surface area contributed by atoms with E-state index in [2.05, 4.69) is 80.7 Å². The Morgan fingerprint density at radius 3 is 1.59 bits per heavy atom. The number of carbonyl (C=O) groups is 2. The molecule has 3 N–H and O–H groups in total. The van der Waals surface area contributed by atoms with Gasteiger partial charge < -0.3 is 20.1 Å². The van der Waals surface area contributed by atoms with Gasteiger partial charge >= 0.3 is 19.8 Å². The van der Waals surface area contributed by atoms with Crippen molar-refractivity contribution in [3.8, 4) is 0 Å². The van der Waals surface area contributed by atoms with E-state index in [1.807, 2.05) is 6.08 Å². The van der Waals surface area contributed by atoms with Gasteiger partial charge in [0, 0.05) is 19.4 Å². The molecule has 0 bridgehead atoms. The van der Waals surface area contributed by atoms with Crippen molar-refractivity contribution in [2.24, 2.45) is 5.73 Å². The molecule has 0 heterocycles. The predicted octanol–water partition coefficient (Wildman–Crippen LogP) is 11.9. The third-order valence-corrected chi connectivity index (χ3v) is 9.31. The van der Waals surface area contributed by atoms with Crippen LogP contribution < -0.4 is 5.73 Å². The van der Waals surface area contributed by atoms with Crippen LogP contribution in [0.5, 0.6) is 0 Å². The quantitative estimate of drug-likeness (QED) is 0.0272. The van der Waals surface area contributed by atoms with E-state index >= 15 is 0 Å². The highest BCUT2D eigenvalue weighted by molar-refractivity contribution is 7.47. The third-order valence-electron chi connectivity index (χ3n) is 8.33. The fraction of sp³-hybridized carbons (Fsp3) is 0.682. The van der Waals surface area contributed by atoms with Gasteiger partial charge in [-0.05, 0) is 77.0 Å². The fourth-order valence-corrected chi connectivity index (χ4v) is 6.02. The molecule has 0 aliphatic carbocycles. The van der Waals surface area contributed by atoms with Gasteiger partial charge in [0.1, 0.15) is 6.61 Å². The first-order valence-electron chi connectivity index (χ1n) is 20.9. The Morgan fingerprint density at radius 2 is 1.04 bits per heavy atom. The SMILES string of the molecule is CC/C=C\C/C=C\C/C=C\C/C=C\C/C=C\CCCC(=O)O[C@H](COC(=O)CCCCCCC/C=C\CCCCCCCCC)COP(=O)(O)OCCN. The van der Waals surface area contributed by atoms with Gasteiger partial charge in [-0.2, -0.15) is 0 Å². The van der Waals surface area contributed by atoms with E-state index in [9.17, 15) is 19.0 Å². The average molecular weight is 778 g/mol. The molecule has 0 saturated heterocycles. The smallest absolute Gasteiger partial charge is 0.462 e. The van der Waals surface area contributed by atoms with Crippen LogP contribution in [0, 0.1) is 0 Å². The van der Waals surface area contributed by atoms with Crippen LogP contribution >= 0.6 is 7.82 Å². The van der Waals surface area contributed by atoms with Crippen molar-refractivity contribution < 1.29 is 37.6 Å². The molecule has 0 aromatic rings. The third kappa shape index (κ3) is 39.2. The molecule has 0 aromatic carbocycles. The lowest BCUT2D eigenvalue weighted by molar-refractivity contribution is -0.161. The number of phosphoric ester groups is 1. The number of ether oxygens (including phenoxy) is 2. The van der Waals surface area contributed by atoms with Gasteiger partial charge in [-0.3, -0.25) is 18.6 Å². The summed E-state index contributed by atoms with van der Waals surface area (Å²) in [4.78, 5) is 34.8. The van der Waals surface area contributed by atoms with Crippen LogP contribution in [-0.2, 0) is 32.7 Å². The van der Waals surface area contributed by atoms with Gasteiger partial charge in [-0.25, -0.2) is 4.57 Å². The number of phosphoric acid groups is 1. The van der Waals surface area contributed by atoms with Crippen molar-refractivity contribution in [1.82, 2.24) is 0 Å². The van der Waals surface area contributed by atoms with Gasteiger partial charge in [0.05, 0.1) is 13.2 Å². The molecule has 0 aromatic heterocycles. The standard InChI is InChI=1S/C44H76NO8P/c1-3-5-7-9-11-13-15-17-19-21-23-25-27-29-31-33-35-37-44(47)53-42(41-52-54(48,49)51-39-38-45)40-50-43(46)36-34-32-30-28-26-24-22-20-18-16-14-12-10-8-6-4-2/h5,7,11,13,17,19-20,22-23,25,29,31,42H,3-4,6,8-10,12,14-16,18,21,24,26-28,30,32-41,45H2,1-2H3,(H,48,49)/b7-5-,13-11-,19-17-,22-20-,25-23-,31-29-/t42-/m1/s1. The second-order valence-corrected chi connectivity index (χ2v) is 14.9. The van der Waals surface area contributed by atoms with Gasteiger partial charge in [0.2, 0.25) is 0 Å². The van der Waals surface area contributed by atoms with E-state index < -0.39 is 32.5 Å². The summed E-state index contributed by atoms with van der Waals surface area (Å²) in [5.74, 6) is -0.912. The van der Waals surface area contributed by atoms with Crippen LogP contribution in [0.3, 0.4) is 0 Å². The largest absolute Gasteiger partial charge is 0.472 e. The minimum absolute atomic E-state index is 0.0399. The number of hydrogen-bond acceptors (Lipinski definition) is 8. The molecule has 0 fully saturated rings. The summed E-state index contributed by atoms with van der Waals surface area (Å²) in [5, 5.41) is 0. The Kier molecular flexibility index (Phi) is 38.2. The van der Waals surface area contributed by atoms with Crippen LogP contribution in [0.2, 0.25) is 0 Å². The topological polar surface area (TPSA) is 134 Å². The van der Waals surface area contributed by atoms with E-state index in [0.29, 0.717) is 19.3 Å². The number of hydrogen-bond donors (Lipinski definition) is 2. The molecule has 1 unspecified atom stereocenters. The molecule has 0 radical (unpaired) electrons. The van der Waals surface area contributed by atoms with Crippen molar-refractivity contribution >= 4 is 19.8 Å². The first kappa shape index (κ1) is 51.5. The highest BCUT2D eigenvalue weighted by Crippen LogP contribution is 2.43. The molecule has 310 valence electrons. The summed E-state index contributed by atoms with van der Waals surface area (Å²) in [6.07, 6.45) is 48.0. The van der Waals surface area contributed by atoms with Gasteiger partial charge in [0.25, 0.3) is 0 Å². The van der Waals surface area contributed by atoms with Gasteiger partial charge in [0.15, 0.2) is 6.10 Å².